The number of nitrogens with zero attached hydrogens (tertiary/aromatic N) is 4. The zero-order chi connectivity index (χ0) is 13.1. The highest BCUT2D eigenvalue weighted by Gasteiger charge is 2.13. The van der Waals surface area contributed by atoms with Crippen LogP contribution in [-0.2, 0) is 6.54 Å². The molecule has 0 saturated carbocycles. The molecule has 2 rings (SSSR count). The summed E-state index contributed by atoms with van der Waals surface area (Å²) in [7, 11) is 0. The Morgan fingerprint density at radius 1 is 1.44 bits per heavy atom. The summed E-state index contributed by atoms with van der Waals surface area (Å²) in [5.74, 6) is 0.0833. The largest absolute Gasteiger partial charge is 0.304 e. The predicted molar refractivity (Wildman–Crippen MR) is 67.6 cm³/mol. The molecular weight excluding hydrogens is 254 g/mol. The third kappa shape index (κ3) is 2.65. The summed E-state index contributed by atoms with van der Waals surface area (Å²) in [6.07, 6.45) is 0. The second-order valence-electron chi connectivity index (χ2n) is 3.68. The van der Waals surface area contributed by atoms with E-state index in [0.29, 0.717) is 18.1 Å². The van der Waals surface area contributed by atoms with Crippen molar-refractivity contribution in [3.05, 3.63) is 34.7 Å². The van der Waals surface area contributed by atoms with Crippen molar-refractivity contribution in [2.75, 3.05) is 5.32 Å². The second-order valence-corrected chi connectivity index (χ2v) is 4.07. The van der Waals surface area contributed by atoms with E-state index in [9.17, 15) is 4.79 Å². The van der Waals surface area contributed by atoms with Crippen molar-refractivity contribution >= 4 is 23.3 Å². The Labute approximate surface area is 109 Å². The first-order valence-electron chi connectivity index (χ1n) is 5.45. The Morgan fingerprint density at radius 2 is 2.22 bits per heavy atom. The lowest BCUT2D eigenvalue weighted by Gasteiger charge is -2.05. The maximum Gasteiger partial charge on any atom is 0.275 e. The lowest BCUT2D eigenvalue weighted by molar-refractivity contribution is 0.101. The fourth-order valence-corrected chi connectivity index (χ4v) is 1.63. The van der Waals surface area contributed by atoms with Gasteiger partial charge in [0.15, 0.2) is 11.0 Å². The van der Waals surface area contributed by atoms with E-state index in [2.05, 4.69) is 20.6 Å². The van der Waals surface area contributed by atoms with Crippen LogP contribution in [0.2, 0.25) is 5.15 Å². The average molecular weight is 266 g/mol. The van der Waals surface area contributed by atoms with E-state index < -0.39 is 0 Å². The third-order valence-corrected chi connectivity index (χ3v) is 2.51. The number of carbonyl (C=O) groups is 1. The Balaban J connectivity index is 2.19. The van der Waals surface area contributed by atoms with Gasteiger partial charge in [-0.25, -0.2) is 0 Å². The predicted octanol–water partition coefficient (Wildman–Crippen LogP) is 1.91. The van der Waals surface area contributed by atoms with Gasteiger partial charge >= 0.3 is 0 Å². The molecule has 0 saturated heterocycles. The Kier molecular flexibility index (Phi) is 3.57. The molecule has 2 aromatic heterocycles. The lowest BCUT2D eigenvalue weighted by atomic mass is 10.3. The van der Waals surface area contributed by atoms with Gasteiger partial charge < -0.3 is 5.32 Å². The fourth-order valence-electron chi connectivity index (χ4n) is 1.53. The Hall–Kier alpha value is -1.95. The van der Waals surface area contributed by atoms with Gasteiger partial charge in [-0.15, -0.1) is 10.2 Å². The van der Waals surface area contributed by atoms with Crippen molar-refractivity contribution in [1.82, 2.24) is 20.0 Å². The number of nitrogens with one attached hydrogen (secondary N) is 1. The lowest BCUT2D eigenvalue weighted by Crippen LogP contribution is -2.18. The van der Waals surface area contributed by atoms with E-state index in [4.69, 9.17) is 11.6 Å². The van der Waals surface area contributed by atoms with Crippen molar-refractivity contribution < 1.29 is 4.79 Å². The molecule has 94 valence electrons. The molecule has 0 aromatic carbocycles. The normalized spacial score (nSPS) is 10.4. The first-order valence-corrected chi connectivity index (χ1v) is 5.83. The number of hydrogen-bond acceptors (Lipinski definition) is 4. The Bertz CT molecular complexity index is 563. The van der Waals surface area contributed by atoms with E-state index in [1.165, 1.54) is 0 Å². The summed E-state index contributed by atoms with van der Waals surface area (Å²) >= 11 is 5.62. The molecule has 0 aliphatic heterocycles. The SMILES string of the molecule is CCn1nc(C)cc1C(=O)Nc1ccc(Cl)nn1. The van der Waals surface area contributed by atoms with Crippen LogP contribution in [0.25, 0.3) is 0 Å². The average Bonchev–Trinajstić information content (AvgIpc) is 2.73. The van der Waals surface area contributed by atoms with Crippen LogP contribution in [0.4, 0.5) is 5.82 Å². The molecule has 0 radical (unpaired) electrons. The minimum absolute atomic E-state index is 0.269. The standard InChI is InChI=1S/C11H12ClN5O/c1-3-17-8(6-7(2)16-17)11(18)13-10-5-4-9(12)14-15-10/h4-6H,3H2,1-2H3,(H,13,15,18). The van der Waals surface area contributed by atoms with Crippen LogP contribution in [0.15, 0.2) is 18.2 Å². The monoisotopic (exact) mass is 265 g/mol. The molecule has 0 aliphatic carbocycles. The van der Waals surface area contributed by atoms with Crippen molar-refractivity contribution in [2.45, 2.75) is 20.4 Å². The van der Waals surface area contributed by atoms with Gasteiger partial charge in [-0.2, -0.15) is 5.10 Å². The van der Waals surface area contributed by atoms with E-state index in [0.717, 1.165) is 5.69 Å². The molecule has 6 nitrogen and oxygen atoms in total. The summed E-state index contributed by atoms with van der Waals surface area (Å²) in [6, 6.07) is 4.88. The third-order valence-electron chi connectivity index (χ3n) is 2.31. The van der Waals surface area contributed by atoms with E-state index in [1.54, 1.807) is 22.9 Å². The van der Waals surface area contributed by atoms with Crippen molar-refractivity contribution in [1.29, 1.82) is 0 Å². The highest BCUT2D eigenvalue weighted by Crippen LogP contribution is 2.09. The number of anilines is 1. The van der Waals surface area contributed by atoms with Crippen LogP contribution in [-0.4, -0.2) is 25.9 Å². The zero-order valence-corrected chi connectivity index (χ0v) is 10.8. The van der Waals surface area contributed by atoms with Crippen LogP contribution in [0.1, 0.15) is 23.1 Å². The summed E-state index contributed by atoms with van der Waals surface area (Å²) < 4.78 is 1.63. The number of rotatable bonds is 3. The second kappa shape index (κ2) is 5.14. The number of carbonyl (C=O) groups excluding carboxylic acids is 1. The topological polar surface area (TPSA) is 72.7 Å². The minimum Gasteiger partial charge on any atom is -0.304 e. The van der Waals surface area contributed by atoms with Crippen molar-refractivity contribution in [3.8, 4) is 0 Å². The number of hydrogen-bond donors (Lipinski definition) is 1. The summed E-state index contributed by atoms with van der Waals surface area (Å²) in [5, 5.41) is 14.5. The van der Waals surface area contributed by atoms with E-state index >= 15 is 0 Å². The number of aromatic nitrogens is 4. The highest BCUT2D eigenvalue weighted by molar-refractivity contribution is 6.29. The first kappa shape index (κ1) is 12.5. The minimum atomic E-state index is -0.269. The maximum atomic E-state index is 12.0. The van der Waals surface area contributed by atoms with Crippen LogP contribution < -0.4 is 5.32 Å². The molecule has 1 amide bonds. The van der Waals surface area contributed by atoms with E-state index in [1.807, 2.05) is 13.8 Å². The van der Waals surface area contributed by atoms with Gasteiger partial charge in [-0.1, -0.05) is 11.6 Å². The van der Waals surface area contributed by atoms with Gasteiger partial charge in [-0.3, -0.25) is 9.48 Å². The molecule has 0 bridgehead atoms. The fraction of sp³-hybridized carbons (Fsp3) is 0.273. The molecule has 7 heteroatoms. The number of halogens is 1. The molecule has 0 aliphatic rings. The van der Waals surface area contributed by atoms with Gasteiger partial charge in [-0.05, 0) is 32.0 Å². The van der Waals surface area contributed by atoms with Gasteiger partial charge in [0.1, 0.15) is 5.69 Å². The van der Waals surface area contributed by atoms with Crippen molar-refractivity contribution in [2.24, 2.45) is 0 Å². The van der Waals surface area contributed by atoms with Crippen LogP contribution in [0.5, 0.6) is 0 Å². The maximum absolute atomic E-state index is 12.0. The van der Waals surface area contributed by atoms with Gasteiger partial charge in [0.2, 0.25) is 0 Å². The molecule has 2 aromatic rings. The van der Waals surface area contributed by atoms with Crippen molar-refractivity contribution in [3.63, 3.8) is 0 Å². The van der Waals surface area contributed by atoms with Gasteiger partial charge in [0.05, 0.1) is 5.69 Å². The van der Waals surface area contributed by atoms with Crippen LogP contribution >= 0.6 is 11.6 Å². The molecule has 1 N–H and O–H groups in total. The molecule has 0 atom stereocenters. The van der Waals surface area contributed by atoms with Crippen LogP contribution in [0, 0.1) is 6.92 Å². The molecule has 0 fully saturated rings. The molecule has 0 spiro atoms. The Morgan fingerprint density at radius 3 is 2.83 bits per heavy atom. The number of aryl methyl sites for hydroxylation is 2. The summed E-state index contributed by atoms with van der Waals surface area (Å²) in [5.41, 5.74) is 1.29. The summed E-state index contributed by atoms with van der Waals surface area (Å²) in [4.78, 5) is 12.0. The smallest absolute Gasteiger partial charge is 0.275 e. The summed E-state index contributed by atoms with van der Waals surface area (Å²) in [6.45, 7) is 4.39. The van der Waals surface area contributed by atoms with Gasteiger partial charge in [0, 0.05) is 6.54 Å². The zero-order valence-electron chi connectivity index (χ0n) is 10.0. The number of amides is 1. The first-order chi connectivity index (χ1) is 8.60. The molecule has 0 unspecified atom stereocenters. The van der Waals surface area contributed by atoms with E-state index in [-0.39, 0.29) is 11.1 Å². The molecule has 2 heterocycles. The van der Waals surface area contributed by atoms with Gasteiger partial charge in [0.25, 0.3) is 5.91 Å². The van der Waals surface area contributed by atoms with Crippen LogP contribution in [0.3, 0.4) is 0 Å². The molecule has 18 heavy (non-hydrogen) atoms. The molecular formula is C11H12ClN5O. The highest BCUT2D eigenvalue weighted by atomic mass is 35.5. The quantitative estimate of drug-likeness (QED) is 0.920.